The van der Waals surface area contributed by atoms with E-state index < -0.39 is 0 Å². The number of nitrogens with two attached hydrogens (primary N) is 1. The number of fused-ring (bicyclic) bond motifs is 1. The van der Waals surface area contributed by atoms with E-state index in [1.807, 2.05) is 0 Å². The van der Waals surface area contributed by atoms with Gasteiger partial charge < -0.3 is 15.1 Å². The van der Waals surface area contributed by atoms with Crippen LogP contribution in [0, 0.1) is 0 Å². The summed E-state index contributed by atoms with van der Waals surface area (Å²) < 4.78 is 5.34. The lowest BCUT2D eigenvalue weighted by Crippen LogP contribution is -2.18. The summed E-state index contributed by atoms with van der Waals surface area (Å²) >= 11 is 0. The Labute approximate surface area is 100 Å². The highest BCUT2D eigenvalue weighted by Crippen LogP contribution is 2.32. The van der Waals surface area contributed by atoms with Crippen molar-refractivity contribution < 1.29 is 4.42 Å². The monoisotopic (exact) mass is 229 g/mol. The molecule has 1 aliphatic heterocycles. The first kappa shape index (κ1) is 10.2. The van der Waals surface area contributed by atoms with Gasteiger partial charge in [-0.3, -0.25) is 0 Å². The largest absolute Gasteiger partial charge is 0.424 e. The Balaban J connectivity index is 2.00. The number of oxazole rings is 1. The van der Waals surface area contributed by atoms with Crippen molar-refractivity contribution in [2.45, 2.75) is 13.3 Å². The highest BCUT2D eigenvalue weighted by atomic mass is 16.4. The molecule has 2 N–H and O–H groups in total. The fourth-order valence-corrected chi connectivity index (χ4v) is 2.37. The molecule has 0 aliphatic carbocycles. The van der Waals surface area contributed by atoms with Gasteiger partial charge in [0.15, 0.2) is 5.76 Å². The van der Waals surface area contributed by atoms with Crippen molar-refractivity contribution in [3.8, 4) is 11.3 Å². The number of hydrogen-bond acceptors (Lipinski definition) is 4. The summed E-state index contributed by atoms with van der Waals surface area (Å²) in [4.78, 5) is 6.30. The average molecular weight is 229 g/mol. The third-order valence-electron chi connectivity index (χ3n) is 3.26. The smallest absolute Gasteiger partial charge is 0.292 e. The molecule has 88 valence electrons. The molecule has 0 unspecified atom stereocenters. The number of nitrogens with zero attached hydrogens (tertiary/aromatic N) is 2. The minimum atomic E-state index is 0.218. The van der Waals surface area contributed by atoms with E-state index >= 15 is 0 Å². The minimum Gasteiger partial charge on any atom is -0.424 e. The van der Waals surface area contributed by atoms with Crippen molar-refractivity contribution in [2.75, 3.05) is 23.7 Å². The van der Waals surface area contributed by atoms with Crippen molar-refractivity contribution in [3.05, 3.63) is 30.0 Å². The predicted molar refractivity (Wildman–Crippen MR) is 67.9 cm³/mol. The number of hydrogen-bond donors (Lipinski definition) is 1. The van der Waals surface area contributed by atoms with Crippen molar-refractivity contribution >= 4 is 11.7 Å². The molecule has 0 saturated heterocycles. The number of nitrogen functional groups attached to an aromatic ring is 1. The number of aromatic nitrogens is 1. The molecule has 1 aliphatic rings. The van der Waals surface area contributed by atoms with Gasteiger partial charge in [0.25, 0.3) is 6.01 Å². The maximum atomic E-state index is 5.49. The van der Waals surface area contributed by atoms with Gasteiger partial charge in [-0.15, -0.1) is 0 Å². The van der Waals surface area contributed by atoms with Crippen LogP contribution in [0.2, 0.25) is 0 Å². The van der Waals surface area contributed by atoms with Crippen molar-refractivity contribution in [3.63, 3.8) is 0 Å². The molecule has 1 aromatic carbocycles. The van der Waals surface area contributed by atoms with Crippen molar-refractivity contribution in [1.82, 2.24) is 4.98 Å². The van der Waals surface area contributed by atoms with Crippen LogP contribution in [0.4, 0.5) is 11.7 Å². The average Bonchev–Trinajstić information content (AvgIpc) is 2.94. The highest BCUT2D eigenvalue weighted by Gasteiger charge is 2.18. The van der Waals surface area contributed by atoms with Gasteiger partial charge in [0.05, 0.1) is 6.20 Å². The van der Waals surface area contributed by atoms with Gasteiger partial charge in [-0.1, -0.05) is 0 Å². The van der Waals surface area contributed by atoms with Crippen molar-refractivity contribution in [1.29, 1.82) is 0 Å². The summed E-state index contributed by atoms with van der Waals surface area (Å²) in [5, 5.41) is 0. The normalized spacial score (nSPS) is 14.1. The summed E-state index contributed by atoms with van der Waals surface area (Å²) in [5.74, 6) is 0.736. The summed E-state index contributed by atoms with van der Waals surface area (Å²) in [6, 6.07) is 6.60. The molecular weight excluding hydrogens is 214 g/mol. The Kier molecular flexibility index (Phi) is 2.28. The minimum absolute atomic E-state index is 0.218. The first-order valence-electron chi connectivity index (χ1n) is 5.87. The van der Waals surface area contributed by atoms with Crippen LogP contribution >= 0.6 is 0 Å². The van der Waals surface area contributed by atoms with Gasteiger partial charge in [0, 0.05) is 24.3 Å². The second-order valence-electron chi connectivity index (χ2n) is 4.24. The van der Waals surface area contributed by atoms with E-state index in [1.54, 1.807) is 6.20 Å². The fraction of sp³-hybridized carbons (Fsp3) is 0.308. The molecule has 2 heterocycles. The zero-order valence-electron chi connectivity index (χ0n) is 9.81. The SMILES string of the molecule is CCN1CCc2cc(-c3cnc(N)o3)ccc21. The van der Waals surface area contributed by atoms with Gasteiger partial charge in [0.1, 0.15) is 0 Å². The van der Waals surface area contributed by atoms with Crippen LogP contribution in [-0.4, -0.2) is 18.1 Å². The summed E-state index contributed by atoms with van der Waals surface area (Å²) in [6.45, 7) is 4.34. The summed E-state index contributed by atoms with van der Waals surface area (Å²) in [7, 11) is 0. The molecule has 0 radical (unpaired) electrons. The lowest BCUT2D eigenvalue weighted by molar-refractivity contribution is 0.595. The van der Waals surface area contributed by atoms with Crippen molar-refractivity contribution in [2.24, 2.45) is 0 Å². The molecule has 0 fully saturated rings. The second kappa shape index (κ2) is 3.80. The van der Waals surface area contributed by atoms with Gasteiger partial charge in [-0.25, -0.2) is 4.98 Å². The Hall–Kier alpha value is -1.97. The number of rotatable bonds is 2. The molecule has 0 saturated carbocycles. The lowest BCUT2D eigenvalue weighted by atomic mass is 10.1. The molecule has 0 atom stereocenters. The Morgan fingerprint density at radius 1 is 1.47 bits per heavy atom. The van der Waals surface area contributed by atoms with Gasteiger partial charge in [0.2, 0.25) is 0 Å². The molecule has 17 heavy (non-hydrogen) atoms. The summed E-state index contributed by atoms with van der Waals surface area (Å²) in [6.07, 6.45) is 2.77. The third-order valence-corrected chi connectivity index (χ3v) is 3.26. The Morgan fingerprint density at radius 3 is 3.06 bits per heavy atom. The number of anilines is 2. The molecular formula is C13H15N3O. The molecule has 4 heteroatoms. The Bertz CT molecular complexity index is 547. The fourth-order valence-electron chi connectivity index (χ4n) is 2.37. The van der Waals surface area contributed by atoms with Gasteiger partial charge in [-0.2, -0.15) is 0 Å². The van der Waals surface area contributed by atoms with Crippen LogP contribution in [0.3, 0.4) is 0 Å². The van der Waals surface area contributed by atoms with Crippen LogP contribution in [0.15, 0.2) is 28.8 Å². The molecule has 1 aromatic heterocycles. The van der Waals surface area contributed by atoms with E-state index in [1.165, 1.54) is 11.3 Å². The van der Waals surface area contributed by atoms with E-state index in [0.29, 0.717) is 0 Å². The van der Waals surface area contributed by atoms with Crippen LogP contribution in [0.5, 0.6) is 0 Å². The number of benzene rings is 1. The van der Waals surface area contributed by atoms with Crippen LogP contribution in [-0.2, 0) is 6.42 Å². The lowest BCUT2D eigenvalue weighted by Gasteiger charge is -2.16. The van der Waals surface area contributed by atoms with E-state index in [2.05, 4.69) is 35.0 Å². The number of likely N-dealkylation sites (N-methyl/N-ethyl adjacent to an activating group) is 1. The third kappa shape index (κ3) is 1.65. The first-order chi connectivity index (χ1) is 8.28. The molecule has 4 nitrogen and oxygen atoms in total. The zero-order chi connectivity index (χ0) is 11.8. The summed E-state index contributed by atoms with van der Waals surface area (Å²) in [5.41, 5.74) is 9.24. The second-order valence-corrected chi connectivity index (χ2v) is 4.24. The van der Waals surface area contributed by atoms with Crippen LogP contribution in [0.1, 0.15) is 12.5 Å². The molecule has 3 rings (SSSR count). The van der Waals surface area contributed by atoms with E-state index in [-0.39, 0.29) is 6.01 Å². The maximum Gasteiger partial charge on any atom is 0.292 e. The molecule has 2 aromatic rings. The highest BCUT2D eigenvalue weighted by molar-refractivity contribution is 5.67. The topological polar surface area (TPSA) is 55.3 Å². The predicted octanol–water partition coefficient (Wildman–Crippen LogP) is 2.31. The quantitative estimate of drug-likeness (QED) is 0.858. The Morgan fingerprint density at radius 2 is 2.35 bits per heavy atom. The standard InChI is InChI=1S/C13H15N3O/c1-2-16-6-5-9-7-10(3-4-11(9)16)12-8-15-13(14)17-12/h3-4,7-8H,2,5-6H2,1H3,(H2,14,15). The molecule has 0 spiro atoms. The van der Waals surface area contributed by atoms with E-state index in [4.69, 9.17) is 10.2 Å². The molecule has 0 amide bonds. The zero-order valence-corrected chi connectivity index (χ0v) is 9.81. The van der Waals surface area contributed by atoms with Crippen LogP contribution < -0.4 is 10.6 Å². The maximum absolute atomic E-state index is 5.49. The molecule has 0 bridgehead atoms. The van der Waals surface area contributed by atoms with E-state index in [0.717, 1.165) is 30.8 Å². The first-order valence-corrected chi connectivity index (χ1v) is 5.87. The van der Waals surface area contributed by atoms with Gasteiger partial charge >= 0.3 is 0 Å². The van der Waals surface area contributed by atoms with Crippen LogP contribution in [0.25, 0.3) is 11.3 Å². The van der Waals surface area contributed by atoms with Gasteiger partial charge in [-0.05, 0) is 37.1 Å². The van der Waals surface area contributed by atoms with E-state index in [9.17, 15) is 0 Å².